The van der Waals surface area contributed by atoms with Gasteiger partial charge in [0, 0.05) is 59.2 Å². The number of amides is 4. The quantitative estimate of drug-likeness (QED) is 0.175. The summed E-state index contributed by atoms with van der Waals surface area (Å²) in [6, 6.07) is 17.4. The number of piperidine rings is 1. The summed E-state index contributed by atoms with van der Waals surface area (Å²) in [4.78, 5) is 63.2. The van der Waals surface area contributed by atoms with Crippen molar-refractivity contribution in [2.24, 2.45) is 0 Å². The van der Waals surface area contributed by atoms with E-state index in [0.29, 0.717) is 58.2 Å². The Morgan fingerprint density at radius 3 is 2.35 bits per heavy atom. The first-order valence-corrected chi connectivity index (χ1v) is 16.3. The van der Waals surface area contributed by atoms with Gasteiger partial charge in [-0.25, -0.2) is 4.79 Å². The van der Waals surface area contributed by atoms with E-state index < -0.39 is 23.6 Å². The fraction of sp³-hybridized carbons (Fsp3) is 0.303. The summed E-state index contributed by atoms with van der Waals surface area (Å²) in [5, 5.41) is 13.1. The number of ketones is 1. The van der Waals surface area contributed by atoms with Gasteiger partial charge in [0.1, 0.15) is 0 Å². The SMILES string of the molecule is CC(=O)N(Oc1ccc(C#N)cc1)[C@@H](CC(=O)c1cc(Br)c(N)c(Br)c1)C(=O)N1CCC(N2CCc3ccccc3NC2=O)CC1. The van der Waals surface area contributed by atoms with Crippen molar-refractivity contribution in [3.8, 4) is 11.8 Å². The molecule has 3 aromatic carbocycles. The highest BCUT2D eigenvalue weighted by molar-refractivity contribution is 9.11. The van der Waals surface area contributed by atoms with Crippen LogP contribution in [0, 0.1) is 11.3 Å². The van der Waals surface area contributed by atoms with Crippen LogP contribution in [0.15, 0.2) is 69.6 Å². The number of fused-ring (bicyclic) bond motifs is 1. The van der Waals surface area contributed by atoms with Gasteiger partial charge in [-0.3, -0.25) is 14.4 Å². The number of anilines is 2. The number of carbonyl (C=O) groups is 4. The van der Waals surface area contributed by atoms with Crippen molar-refractivity contribution in [2.75, 3.05) is 30.7 Å². The van der Waals surface area contributed by atoms with E-state index in [2.05, 4.69) is 37.2 Å². The summed E-state index contributed by atoms with van der Waals surface area (Å²) in [5.41, 5.74) is 9.00. The van der Waals surface area contributed by atoms with Crippen LogP contribution in [0.5, 0.6) is 5.75 Å². The molecule has 238 valence electrons. The highest BCUT2D eigenvalue weighted by Crippen LogP contribution is 2.31. The Hall–Kier alpha value is -4.41. The van der Waals surface area contributed by atoms with Crippen molar-refractivity contribution in [1.82, 2.24) is 14.9 Å². The molecule has 2 heterocycles. The molecule has 1 saturated heterocycles. The standard InChI is InChI=1S/C33H32Br2N6O5/c1-20(42)41(46-25-8-6-21(19-36)7-9-25)29(18-30(43)23-16-26(34)31(37)27(35)17-23)32(44)39-13-11-24(12-14-39)40-15-10-22-4-2-3-5-28(22)38-33(40)45/h2-9,16-17,24,29H,10-15,18,37H2,1H3,(H,38,45)/t29-/m0/s1. The predicted molar refractivity (Wildman–Crippen MR) is 179 cm³/mol. The molecule has 13 heteroatoms. The molecular formula is C33H32Br2N6O5. The number of nitrogen functional groups attached to an aromatic ring is 1. The summed E-state index contributed by atoms with van der Waals surface area (Å²) in [6.07, 6.45) is 1.43. The van der Waals surface area contributed by atoms with Gasteiger partial charge in [0.25, 0.3) is 5.91 Å². The molecule has 4 amide bonds. The van der Waals surface area contributed by atoms with Gasteiger partial charge in [-0.1, -0.05) is 18.2 Å². The number of halogens is 2. The minimum atomic E-state index is -1.29. The highest BCUT2D eigenvalue weighted by Gasteiger charge is 2.39. The van der Waals surface area contributed by atoms with E-state index in [1.807, 2.05) is 35.2 Å². The number of para-hydroxylation sites is 1. The number of hydrogen-bond acceptors (Lipinski definition) is 7. The van der Waals surface area contributed by atoms with E-state index >= 15 is 0 Å². The predicted octanol–water partition coefficient (Wildman–Crippen LogP) is 5.53. The zero-order valence-electron chi connectivity index (χ0n) is 25.0. The number of hydrogen-bond donors (Lipinski definition) is 2. The zero-order valence-corrected chi connectivity index (χ0v) is 28.2. The van der Waals surface area contributed by atoms with Crippen molar-refractivity contribution in [1.29, 1.82) is 5.26 Å². The van der Waals surface area contributed by atoms with E-state index in [-0.39, 0.29) is 24.2 Å². The molecular weight excluding hydrogens is 720 g/mol. The largest absolute Gasteiger partial charge is 0.397 e. The molecule has 0 aliphatic carbocycles. The minimum Gasteiger partial charge on any atom is -0.397 e. The van der Waals surface area contributed by atoms with Gasteiger partial charge in [-0.15, -0.1) is 0 Å². The molecule has 2 aliphatic rings. The molecule has 3 N–H and O–H groups in total. The van der Waals surface area contributed by atoms with Crippen molar-refractivity contribution in [3.63, 3.8) is 0 Å². The number of hydroxylamine groups is 2. The van der Waals surface area contributed by atoms with Gasteiger partial charge in [-0.05, 0) is 99.2 Å². The molecule has 0 spiro atoms. The number of nitrogens with one attached hydrogen (secondary N) is 1. The molecule has 1 fully saturated rings. The van der Waals surface area contributed by atoms with Crippen LogP contribution < -0.4 is 15.9 Å². The first-order chi connectivity index (χ1) is 22.0. The van der Waals surface area contributed by atoms with Crippen LogP contribution >= 0.6 is 31.9 Å². The number of nitriles is 1. The van der Waals surface area contributed by atoms with Crippen molar-refractivity contribution in [3.05, 3.63) is 86.3 Å². The number of carbonyl (C=O) groups excluding carboxylic acids is 4. The molecule has 46 heavy (non-hydrogen) atoms. The lowest BCUT2D eigenvalue weighted by molar-refractivity contribution is -0.173. The number of nitrogens with zero attached hydrogens (tertiary/aromatic N) is 4. The van der Waals surface area contributed by atoms with Crippen LogP contribution in [0.3, 0.4) is 0 Å². The number of rotatable bonds is 8. The Balaban J connectivity index is 1.35. The first kappa shape index (κ1) is 33.0. The molecule has 2 aliphatic heterocycles. The smallest absolute Gasteiger partial charge is 0.322 e. The average molecular weight is 752 g/mol. The van der Waals surface area contributed by atoms with Crippen LogP contribution in [-0.2, 0) is 16.0 Å². The first-order valence-electron chi connectivity index (χ1n) is 14.8. The third-order valence-corrected chi connectivity index (χ3v) is 9.52. The van der Waals surface area contributed by atoms with Crippen molar-refractivity contribution >= 4 is 66.9 Å². The van der Waals surface area contributed by atoms with Gasteiger partial charge in [-0.2, -0.15) is 10.3 Å². The number of urea groups is 1. The lowest BCUT2D eigenvalue weighted by Gasteiger charge is -2.40. The van der Waals surface area contributed by atoms with Crippen molar-refractivity contribution < 1.29 is 24.0 Å². The summed E-state index contributed by atoms with van der Waals surface area (Å²) < 4.78 is 1.01. The van der Waals surface area contributed by atoms with Gasteiger partial charge in [0.05, 0.1) is 17.3 Å². The second kappa shape index (κ2) is 14.3. The molecule has 0 unspecified atom stereocenters. The highest BCUT2D eigenvalue weighted by atomic mass is 79.9. The molecule has 0 bridgehead atoms. The van der Waals surface area contributed by atoms with E-state index in [9.17, 15) is 19.2 Å². The summed E-state index contributed by atoms with van der Waals surface area (Å²) in [5.74, 6) is -1.20. The molecule has 5 rings (SSSR count). The molecule has 3 aromatic rings. The number of Topliss-reactive ketones (excluding diaryl/α,β-unsaturated/α-hetero) is 1. The van der Waals surface area contributed by atoms with E-state index in [0.717, 1.165) is 22.7 Å². The molecule has 0 radical (unpaired) electrons. The molecule has 1 atom stereocenters. The molecule has 0 saturated carbocycles. The van der Waals surface area contributed by atoms with Crippen LogP contribution in [0.1, 0.15) is 47.7 Å². The van der Waals surface area contributed by atoms with Crippen molar-refractivity contribution in [2.45, 2.75) is 44.7 Å². The third kappa shape index (κ3) is 7.35. The van der Waals surface area contributed by atoms with Gasteiger partial charge >= 0.3 is 6.03 Å². The lowest BCUT2D eigenvalue weighted by atomic mass is 9.99. The fourth-order valence-corrected chi connectivity index (χ4v) is 6.89. The van der Waals surface area contributed by atoms with Crippen LogP contribution in [0.2, 0.25) is 0 Å². The van der Waals surface area contributed by atoms with E-state index in [1.165, 1.54) is 31.2 Å². The third-order valence-electron chi connectivity index (χ3n) is 8.20. The summed E-state index contributed by atoms with van der Waals surface area (Å²) in [6.45, 7) is 2.47. The second-order valence-corrected chi connectivity index (χ2v) is 12.9. The Morgan fingerprint density at radius 1 is 1.07 bits per heavy atom. The van der Waals surface area contributed by atoms with Crippen LogP contribution in [0.4, 0.5) is 16.2 Å². The number of likely N-dealkylation sites (tertiary alicyclic amines) is 1. The van der Waals surface area contributed by atoms with E-state index in [1.54, 1.807) is 17.0 Å². The lowest BCUT2D eigenvalue weighted by Crippen LogP contribution is -2.56. The maximum absolute atomic E-state index is 14.2. The second-order valence-electron chi connectivity index (χ2n) is 11.2. The van der Waals surface area contributed by atoms with Gasteiger partial charge in [0.2, 0.25) is 5.91 Å². The Morgan fingerprint density at radius 2 is 1.72 bits per heavy atom. The fourth-order valence-electron chi connectivity index (χ4n) is 5.71. The summed E-state index contributed by atoms with van der Waals surface area (Å²) >= 11 is 6.72. The Labute approximate surface area is 283 Å². The van der Waals surface area contributed by atoms with Crippen LogP contribution in [-0.4, -0.2) is 70.2 Å². The summed E-state index contributed by atoms with van der Waals surface area (Å²) in [7, 11) is 0. The topological polar surface area (TPSA) is 149 Å². The average Bonchev–Trinajstić information content (AvgIpc) is 3.22. The maximum Gasteiger partial charge on any atom is 0.322 e. The normalized spacial score (nSPS) is 15.6. The molecule has 11 nitrogen and oxygen atoms in total. The monoisotopic (exact) mass is 750 g/mol. The minimum absolute atomic E-state index is 0.0817. The van der Waals surface area contributed by atoms with E-state index in [4.69, 9.17) is 15.8 Å². The van der Waals surface area contributed by atoms with Crippen LogP contribution in [0.25, 0.3) is 0 Å². The molecule has 0 aromatic heterocycles. The Bertz CT molecular complexity index is 1680. The van der Waals surface area contributed by atoms with Gasteiger partial charge < -0.3 is 25.7 Å². The Kier molecular flexibility index (Phi) is 10.3. The number of nitrogens with two attached hydrogens (primary N) is 1. The zero-order chi connectivity index (χ0) is 33.0. The number of benzene rings is 3. The van der Waals surface area contributed by atoms with Gasteiger partial charge in [0.15, 0.2) is 17.6 Å². The maximum atomic E-state index is 14.2.